The van der Waals surface area contributed by atoms with E-state index < -0.39 is 12.8 Å². The number of unbranched alkanes of at least 4 members (excludes halogenated alkanes) is 1. The summed E-state index contributed by atoms with van der Waals surface area (Å²) in [7, 11) is 0. The van der Waals surface area contributed by atoms with Crippen LogP contribution in [0.25, 0.3) is 0 Å². The van der Waals surface area contributed by atoms with Gasteiger partial charge in [0.05, 0.1) is 0 Å². The predicted molar refractivity (Wildman–Crippen MR) is 83.8 cm³/mol. The minimum atomic E-state index is -4.20. The Balaban J connectivity index is 2.22. The van der Waals surface area contributed by atoms with Crippen LogP contribution in [0.5, 0.6) is 0 Å². The molecule has 0 spiro atoms. The first kappa shape index (κ1) is 19.3. The summed E-state index contributed by atoms with van der Waals surface area (Å²) in [5, 5.41) is 0.958. The van der Waals surface area contributed by atoms with E-state index in [0.717, 1.165) is 24.1 Å². The van der Waals surface area contributed by atoms with E-state index in [2.05, 4.69) is 22.9 Å². The van der Waals surface area contributed by atoms with E-state index in [1.54, 1.807) is 0 Å². The summed E-state index contributed by atoms with van der Waals surface area (Å²) < 4.78 is 40.7. The molecule has 1 aliphatic carbocycles. The Labute approximate surface area is 135 Å². The number of alkyl halides is 4. The molecule has 0 aromatic heterocycles. The minimum Gasteiger partial charge on any atom is -0.372 e. The average molecular weight is 373 g/mol. The predicted octanol–water partition coefficient (Wildman–Crippen LogP) is 6.11. The maximum atomic E-state index is 12.0. The second-order valence-corrected chi connectivity index (χ2v) is 7.05. The van der Waals surface area contributed by atoms with Crippen molar-refractivity contribution in [1.29, 1.82) is 0 Å². The molecule has 0 aliphatic heterocycles. The van der Waals surface area contributed by atoms with Crippen molar-refractivity contribution in [2.45, 2.75) is 70.9 Å². The Morgan fingerprint density at radius 1 is 1.19 bits per heavy atom. The van der Waals surface area contributed by atoms with Crippen LogP contribution in [0, 0.1) is 11.3 Å². The number of halogens is 4. The fourth-order valence-electron chi connectivity index (χ4n) is 3.26. The zero-order valence-electron chi connectivity index (χ0n) is 13.0. The lowest BCUT2D eigenvalue weighted by Gasteiger charge is -2.39. The first-order valence-electron chi connectivity index (χ1n) is 8.11. The molecule has 0 radical (unpaired) electrons. The molecule has 0 N–H and O–H groups in total. The summed E-state index contributed by atoms with van der Waals surface area (Å²) in [6.07, 6.45) is 6.35. The SMILES string of the molecule is CCCCC1CCC(CBr)(CCCOCC(F)(F)F)CC1. The summed E-state index contributed by atoms with van der Waals surface area (Å²) in [5.74, 6) is 0.860. The van der Waals surface area contributed by atoms with E-state index in [4.69, 9.17) is 4.74 Å². The molecule has 1 nitrogen and oxygen atoms in total. The Kier molecular flexibility index (Phi) is 8.62. The zero-order valence-corrected chi connectivity index (χ0v) is 14.6. The van der Waals surface area contributed by atoms with Gasteiger partial charge >= 0.3 is 6.18 Å². The smallest absolute Gasteiger partial charge is 0.372 e. The second kappa shape index (κ2) is 9.39. The van der Waals surface area contributed by atoms with Gasteiger partial charge < -0.3 is 4.74 Å². The first-order chi connectivity index (χ1) is 9.91. The molecule has 0 saturated heterocycles. The zero-order chi connectivity index (χ0) is 15.8. The number of ether oxygens (including phenoxy) is 1. The van der Waals surface area contributed by atoms with E-state index in [9.17, 15) is 13.2 Å². The lowest BCUT2D eigenvalue weighted by Crippen LogP contribution is -2.29. The topological polar surface area (TPSA) is 9.23 Å². The quantitative estimate of drug-likeness (QED) is 0.350. The van der Waals surface area contributed by atoms with Gasteiger partial charge in [-0.3, -0.25) is 0 Å². The molecule has 0 bridgehead atoms. The van der Waals surface area contributed by atoms with Crippen molar-refractivity contribution in [3.63, 3.8) is 0 Å². The highest BCUT2D eigenvalue weighted by atomic mass is 79.9. The van der Waals surface area contributed by atoms with Crippen LogP contribution in [0.2, 0.25) is 0 Å². The molecule has 21 heavy (non-hydrogen) atoms. The molecule has 0 aromatic rings. The standard InChI is InChI=1S/C16H28BrF3O/c1-2-3-5-14-6-9-15(12-17,10-7-14)8-4-11-21-13-16(18,19)20/h14H,2-13H2,1H3. The van der Waals surface area contributed by atoms with Gasteiger partial charge in [0.1, 0.15) is 6.61 Å². The van der Waals surface area contributed by atoms with Crippen molar-refractivity contribution >= 4 is 15.9 Å². The highest BCUT2D eigenvalue weighted by Crippen LogP contribution is 2.44. The van der Waals surface area contributed by atoms with Crippen LogP contribution in [0.3, 0.4) is 0 Å². The van der Waals surface area contributed by atoms with E-state index in [1.807, 2.05) is 0 Å². The molecular weight excluding hydrogens is 345 g/mol. The molecular formula is C16H28BrF3O. The van der Waals surface area contributed by atoms with Gasteiger partial charge in [0.2, 0.25) is 0 Å². The molecule has 5 heteroatoms. The number of rotatable bonds is 9. The molecule has 1 saturated carbocycles. The van der Waals surface area contributed by atoms with E-state index in [0.29, 0.717) is 0 Å². The lowest BCUT2D eigenvalue weighted by molar-refractivity contribution is -0.174. The van der Waals surface area contributed by atoms with E-state index in [-0.39, 0.29) is 12.0 Å². The summed E-state index contributed by atoms with van der Waals surface area (Å²) in [6, 6.07) is 0. The monoisotopic (exact) mass is 372 g/mol. The molecule has 0 amide bonds. The Hall–Kier alpha value is 0.230. The largest absolute Gasteiger partial charge is 0.411 e. The fraction of sp³-hybridized carbons (Fsp3) is 1.00. The van der Waals surface area contributed by atoms with E-state index >= 15 is 0 Å². The Morgan fingerprint density at radius 3 is 2.38 bits per heavy atom. The van der Waals surface area contributed by atoms with Crippen LogP contribution in [-0.4, -0.2) is 24.7 Å². The molecule has 1 rings (SSSR count). The van der Waals surface area contributed by atoms with Crippen LogP contribution < -0.4 is 0 Å². The van der Waals surface area contributed by atoms with Crippen molar-refractivity contribution in [3.05, 3.63) is 0 Å². The maximum absolute atomic E-state index is 12.0. The van der Waals surface area contributed by atoms with Crippen molar-refractivity contribution in [2.75, 3.05) is 18.5 Å². The third kappa shape index (κ3) is 7.87. The molecule has 0 heterocycles. The Bertz CT molecular complexity index is 273. The number of hydrogen-bond acceptors (Lipinski definition) is 1. The van der Waals surface area contributed by atoms with Gasteiger partial charge in [-0.1, -0.05) is 42.1 Å². The van der Waals surface area contributed by atoms with Gasteiger partial charge in [-0.25, -0.2) is 0 Å². The fourth-order valence-corrected chi connectivity index (χ4v) is 4.10. The summed E-state index contributed by atoms with van der Waals surface area (Å²) in [4.78, 5) is 0. The highest BCUT2D eigenvalue weighted by molar-refractivity contribution is 9.09. The lowest BCUT2D eigenvalue weighted by atomic mass is 9.68. The molecule has 0 atom stereocenters. The summed E-state index contributed by atoms with van der Waals surface area (Å²) >= 11 is 3.62. The third-order valence-electron chi connectivity index (χ3n) is 4.68. The summed E-state index contributed by atoms with van der Waals surface area (Å²) in [6.45, 7) is 1.33. The second-order valence-electron chi connectivity index (χ2n) is 6.49. The van der Waals surface area contributed by atoms with Gasteiger partial charge in [0, 0.05) is 11.9 Å². The van der Waals surface area contributed by atoms with Crippen LogP contribution in [0.15, 0.2) is 0 Å². The van der Waals surface area contributed by atoms with Crippen molar-refractivity contribution in [2.24, 2.45) is 11.3 Å². The molecule has 0 unspecified atom stereocenters. The third-order valence-corrected chi connectivity index (χ3v) is 5.87. The molecule has 0 aromatic carbocycles. The van der Waals surface area contributed by atoms with Crippen LogP contribution >= 0.6 is 15.9 Å². The first-order valence-corrected chi connectivity index (χ1v) is 9.23. The average Bonchev–Trinajstić information content (AvgIpc) is 2.45. The van der Waals surface area contributed by atoms with Gasteiger partial charge in [-0.2, -0.15) is 13.2 Å². The van der Waals surface area contributed by atoms with Gasteiger partial charge in [-0.15, -0.1) is 0 Å². The van der Waals surface area contributed by atoms with Crippen LogP contribution in [-0.2, 0) is 4.74 Å². The van der Waals surface area contributed by atoms with Gasteiger partial charge in [0.15, 0.2) is 0 Å². The normalized spacial score (nSPS) is 27.0. The van der Waals surface area contributed by atoms with Crippen LogP contribution in [0.1, 0.15) is 64.7 Å². The summed E-state index contributed by atoms with van der Waals surface area (Å²) in [5.41, 5.74) is 0.282. The van der Waals surface area contributed by atoms with E-state index in [1.165, 1.54) is 44.9 Å². The van der Waals surface area contributed by atoms with Crippen LogP contribution in [0.4, 0.5) is 13.2 Å². The number of hydrogen-bond donors (Lipinski definition) is 0. The maximum Gasteiger partial charge on any atom is 0.411 e. The van der Waals surface area contributed by atoms with Crippen molar-refractivity contribution in [3.8, 4) is 0 Å². The molecule has 126 valence electrons. The van der Waals surface area contributed by atoms with Crippen molar-refractivity contribution in [1.82, 2.24) is 0 Å². The Morgan fingerprint density at radius 2 is 1.86 bits per heavy atom. The van der Waals surface area contributed by atoms with Gasteiger partial charge in [0.25, 0.3) is 0 Å². The molecule has 1 aliphatic rings. The molecule has 1 fully saturated rings. The minimum absolute atomic E-state index is 0.216. The highest BCUT2D eigenvalue weighted by Gasteiger charge is 2.34. The van der Waals surface area contributed by atoms with Crippen molar-refractivity contribution < 1.29 is 17.9 Å². The van der Waals surface area contributed by atoms with Gasteiger partial charge in [-0.05, 0) is 49.9 Å².